The minimum Gasteiger partial charge on any atom is -0.454 e. The molecule has 0 saturated heterocycles. The van der Waals surface area contributed by atoms with Crippen molar-refractivity contribution < 1.29 is 4.42 Å². The van der Waals surface area contributed by atoms with Gasteiger partial charge in [-0.25, -0.2) is 0 Å². The highest BCUT2D eigenvalue weighted by atomic mass is 16.3. The van der Waals surface area contributed by atoms with E-state index in [4.69, 9.17) is 4.42 Å². The zero-order valence-electron chi connectivity index (χ0n) is 18.1. The van der Waals surface area contributed by atoms with Crippen molar-refractivity contribution in [1.82, 2.24) is 0 Å². The highest BCUT2D eigenvalue weighted by molar-refractivity contribution is 5.93. The number of fused-ring (bicyclic) bond motifs is 1. The summed E-state index contributed by atoms with van der Waals surface area (Å²) in [5.74, 6) is 0. The molecule has 1 aromatic carbocycles. The summed E-state index contributed by atoms with van der Waals surface area (Å²) in [4.78, 5) is 2.10. The number of nitrogens with zero attached hydrogens (tertiary/aromatic N) is 1. The standard InChI is InChI=1S/C29H29NO/c1-7-13-20-24(17-10-4)30(23(15-8-2)16-9-3)27-22-14-21-26-25(18-11-5)28(19-12-6)31-29(26)27/h7-22H,1-2,4-6H2,3H3/b16-9-,20-13-,23-15+,24-17+,25-18-,28-19+. The Morgan fingerprint density at radius 2 is 1.52 bits per heavy atom. The molecule has 156 valence electrons. The van der Waals surface area contributed by atoms with Crippen LogP contribution in [-0.4, -0.2) is 0 Å². The average molecular weight is 408 g/mol. The lowest BCUT2D eigenvalue weighted by molar-refractivity contribution is 0.576. The number of para-hydroxylation sites is 1. The fraction of sp³-hybridized carbons (Fsp3) is 0.0345. The number of rotatable bonds is 10. The summed E-state index contributed by atoms with van der Waals surface area (Å²) in [7, 11) is 0. The quantitative estimate of drug-likeness (QED) is 0.411. The second-order valence-electron chi connectivity index (χ2n) is 6.42. The van der Waals surface area contributed by atoms with Gasteiger partial charge >= 0.3 is 0 Å². The maximum atomic E-state index is 6.32. The molecule has 0 aliphatic carbocycles. The van der Waals surface area contributed by atoms with Crippen molar-refractivity contribution >= 4 is 28.8 Å². The van der Waals surface area contributed by atoms with Gasteiger partial charge in [-0.2, -0.15) is 0 Å². The van der Waals surface area contributed by atoms with Gasteiger partial charge in [0.1, 0.15) is 5.42 Å². The van der Waals surface area contributed by atoms with Gasteiger partial charge < -0.3 is 9.32 Å². The minimum atomic E-state index is 0.730. The number of hydrogen-bond donors (Lipinski definition) is 0. The van der Waals surface area contributed by atoms with Gasteiger partial charge in [0.25, 0.3) is 0 Å². The van der Waals surface area contributed by atoms with Gasteiger partial charge in [0.05, 0.1) is 5.69 Å². The van der Waals surface area contributed by atoms with Gasteiger partial charge in [0.2, 0.25) is 0 Å². The van der Waals surface area contributed by atoms with Crippen LogP contribution in [0.25, 0.3) is 23.1 Å². The van der Waals surface area contributed by atoms with Crippen LogP contribution in [0.3, 0.4) is 0 Å². The molecule has 0 N–H and O–H groups in total. The monoisotopic (exact) mass is 407 g/mol. The van der Waals surface area contributed by atoms with E-state index in [1.54, 1.807) is 30.4 Å². The first kappa shape index (κ1) is 23.2. The van der Waals surface area contributed by atoms with Crippen molar-refractivity contribution in [3.63, 3.8) is 0 Å². The molecule has 0 amide bonds. The van der Waals surface area contributed by atoms with E-state index in [0.717, 1.165) is 38.7 Å². The number of anilines is 1. The van der Waals surface area contributed by atoms with Crippen molar-refractivity contribution in [3.8, 4) is 0 Å². The molecule has 0 radical (unpaired) electrons. The molecule has 2 nitrogen and oxygen atoms in total. The predicted octanol–water partition coefficient (Wildman–Crippen LogP) is 6.63. The van der Waals surface area contributed by atoms with Crippen LogP contribution in [0.2, 0.25) is 0 Å². The second kappa shape index (κ2) is 11.8. The van der Waals surface area contributed by atoms with E-state index in [0.29, 0.717) is 0 Å². The Labute approximate surface area is 185 Å². The van der Waals surface area contributed by atoms with Crippen LogP contribution in [0, 0.1) is 0 Å². The first-order chi connectivity index (χ1) is 15.2. The topological polar surface area (TPSA) is 16.4 Å². The van der Waals surface area contributed by atoms with Gasteiger partial charge in [-0.15, -0.1) is 0 Å². The van der Waals surface area contributed by atoms with E-state index in [1.165, 1.54) is 0 Å². The molecule has 0 aliphatic heterocycles. The number of furan rings is 1. The Kier molecular flexibility index (Phi) is 8.88. The molecule has 31 heavy (non-hydrogen) atoms. The summed E-state index contributed by atoms with van der Waals surface area (Å²) < 4.78 is 6.32. The Bertz CT molecular complexity index is 1230. The number of hydrogen-bond acceptors (Lipinski definition) is 2. The van der Waals surface area contributed by atoms with Crippen LogP contribution in [-0.2, 0) is 0 Å². The zero-order valence-corrected chi connectivity index (χ0v) is 18.1. The lowest BCUT2D eigenvalue weighted by atomic mass is 10.1. The van der Waals surface area contributed by atoms with E-state index < -0.39 is 0 Å². The summed E-state index contributed by atoms with van der Waals surface area (Å²) in [6, 6.07) is 6.09. The van der Waals surface area contributed by atoms with Crippen LogP contribution in [0.5, 0.6) is 0 Å². The first-order valence-corrected chi connectivity index (χ1v) is 10.0. The third-order valence-corrected chi connectivity index (χ3v) is 4.39. The molecule has 1 heterocycles. The minimum absolute atomic E-state index is 0.730. The molecule has 0 aliphatic rings. The van der Waals surface area contributed by atoms with Crippen LogP contribution in [0.1, 0.15) is 6.92 Å². The summed E-state index contributed by atoms with van der Waals surface area (Å²) in [6.07, 6.45) is 24.3. The summed E-state index contributed by atoms with van der Waals surface area (Å²) in [6.45, 7) is 21.2. The Morgan fingerprint density at radius 3 is 2.10 bits per heavy atom. The molecule has 0 unspecified atom stereocenters. The highest BCUT2D eigenvalue weighted by Crippen LogP contribution is 2.32. The molecule has 2 rings (SSSR count). The summed E-state index contributed by atoms with van der Waals surface area (Å²) in [5, 5.41) is 1.95. The van der Waals surface area contributed by atoms with Crippen molar-refractivity contribution in [1.29, 1.82) is 0 Å². The lowest BCUT2D eigenvalue weighted by Crippen LogP contribution is -2.20. The molecule has 0 bridgehead atoms. The fourth-order valence-electron chi connectivity index (χ4n) is 3.25. The Balaban J connectivity index is 3.03. The van der Waals surface area contributed by atoms with Crippen molar-refractivity contribution in [2.24, 2.45) is 0 Å². The van der Waals surface area contributed by atoms with Gasteiger partial charge in [0, 0.05) is 22.0 Å². The molecular formula is C29H29NO. The zero-order chi connectivity index (χ0) is 22.6. The molecule has 0 fully saturated rings. The highest BCUT2D eigenvalue weighted by Gasteiger charge is 2.18. The normalized spacial score (nSPS) is 13.8. The Morgan fingerprint density at radius 1 is 0.839 bits per heavy atom. The average Bonchev–Trinajstić information content (AvgIpc) is 3.11. The third kappa shape index (κ3) is 5.31. The molecular weight excluding hydrogens is 378 g/mol. The van der Waals surface area contributed by atoms with Crippen molar-refractivity contribution in [2.75, 3.05) is 4.90 Å². The van der Waals surface area contributed by atoms with E-state index in [-0.39, 0.29) is 0 Å². The second-order valence-corrected chi connectivity index (χ2v) is 6.42. The van der Waals surface area contributed by atoms with E-state index >= 15 is 0 Å². The van der Waals surface area contributed by atoms with Gasteiger partial charge in [-0.05, 0) is 43.4 Å². The predicted molar refractivity (Wildman–Crippen MR) is 138 cm³/mol. The maximum Gasteiger partial charge on any atom is 0.159 e. The summed E-state index contributed by atoms with van der Waals surface area (Å²) >= 11 is 0. The maximum absolute atomic E-state index is 6.32. The fourth-order valence-corrected chi connectivity index (χ4v) is 3.25. The molecule has 2 heteroatoms. The summed E-state index contributed by atoms with van der Waals surface area (Å²) in [5.41, 5.74) is 4.19. The number of benzene rings is 1. The largest absolute Gasteiger partial charge is 0.454 e. The van der Waals surface area contributed by atoms with E-state index in [9.17, 15) is 0 Å². The van der Waals surface area contributed by atoms with Gasteiger partial charge in [-0.1, -0.05) is 93.6 Å². The van der Waals surface area contributed by atoms with Crippen molar-refractivity contribution in [2.45, 2.75) is 6.92 Å². The molecule has 0 spiro atoms. The first-order valence-electron chi connectivity index (χ1n) is 10.0. The lowest BCUT2D eigenvalue weighted by Gasteiger charge is -2.27. The number of allylic oxidation sites excluding steroid dienone is 11. The van der Waals surface area contributed by atoms with Crippen LogP contribution in [0.15, 0.2) is 134 Å². The Hall–Kier alpha value is -4.04. The van der Waals surface area contributed by atoms with Gasteiger partial charge in [0.15, 0.2) is 5.58 Å². The third-order valence-electron chi connectivity index (χ3n) is 4.39. The molecule has 2 aromatic rings. The van der Waals surface area contributed by atoms with Crippen LogP contribution in [0.4, 0.5) is 5.69 Å². The van der Waals surface area contributed by atoms with E-state index in [2.05, 4.69) is 37.8 Å². The molecule has 0 saturated carbocycles. The van der Waals surface area contributed by atoms with Crippen LogP contribution < -0.4 is 15.5 Å². The van der Waals surface area contributed by atoms with Gasteiger partial charge in [-0.3, -0.25) is 0 Å². The smallest absolute Gasteiger partial charge is 0.159 e. The van der Waals surface area contributed by atoms with Crippen molar-refractivity contribution in [3.05, 3.63) is 140 Å². The SMILES string of the molecule is C=C/C=C\C(=C/C=C)N(C(/C=C\C)=C/C=C)c1cccc2c(=C/C=C)/c(=C\C=C)oc12. The molecule has 0 atom stereocenters. The van der Waals surface area contributed by atoms with Crippen LogP contribution >= 0.6 is 0 Å². The molecule has 1 aromatic heterocycles. The van der Waals surface area contributed by atoms with E-state index in [1.807, 2.05) is 73.7 Å².